The fourth-order valence-corrected chi connectivity index (χ4v) is 1.69. The fraction of sp³-hybridized carbons (Fsp3) is 0.333. The lowest BCUT2D eigenvalue weighted by Gasteiger charge is -2.11. The van der Waals surface area contributed by atoms with Gasteiger partial charge in [-0.05, 0) is 29.2 Å². The van der Waals surface area contributed by atoms with E-state index in [1.54, 1.807) is 0 Å². The van der Waals surface area contributed by atoms with E-state index in [2.05, 4.69) is 41.9 Å². The molecule has 0 aromatic heterocycles. The van der Waals surface area contributed by atoms with Crippen LogP contribution in [0.1, 0.15) is 19.4 Å². The fourth-order valence-electron chi connectivity index (χ4n) is 1.43. The molecule has 0 unspecified atom stereocenters. The van der Waals surface area contributed by atoms with Crippen LogP contribution < -0.4 is 0 Å². The van der Waals surface area contributed by atoms with E-state index in [0.29, 0.717) is 5.92 Å². The minimum atomic E-state index is 0.101. The predicted molar refractivity (Wildman–Crippen MR) is 64.0 cm³/mol. The Bertz CT molecular complexity index is 312. The molecule has 0 saturated heterocycles. The highest BCUT2D eigenvalue weighted by atomic mass is 79.9. The largest absolute Gasteiger partial charge is 0.392 e. The SMILES string of the molecule is CC(C)/C(=C/CO)c1ccc(Br)cc1. The molecular formula is C12H15BrO. The molecule has 76 valence electrons. The molecule has 0 aliphatic rings. The summed E-state index contributed by atoms with van der Waals surface area (Å²) in [4.78, 5) is 0. The van der Waals surface area contributed by atoms with Crippen molar-refractivity contribution in [1.82, 2.24) is 0 Å². The molecule has 0 fully saturated rings. The van der Waals surface area contributed by atoms with Crippen molar-refractivity contribution in [3.63, 3.8) is 0 Å². The highest BCUT2D eigenvalue weighted by Gasteiger charge is 2.05. The van der Waals surface area contributed by atoms with Crippen LogP contribution in [-0.4, -0.2) is 11.7 Å². The summed E-state index contributed by atoms with van der Waals surface area (Å²) in [7, 11) is 0. The maximum atomic E-state index is 8.92. The van der Waals surface area contributed by atoms with E-state index in [0.717, 1.165) is 4.47 Å². The average molecular weight is 255 g/mol. The Morgan fingerprint density at radius 1 is 1.36 bits per heavy atom. The highest BCUT2D eigenvalue weighted by Crippen LogP contribution is 2.24. The molecule has 14 heavy (non-hydrogen) atoms. The number of hydrogen-bond donors (Lipinski definition) is 1. The summed E-state index contributed by atoms with van der Waals surface area (Å²) in [6.45, 7) is 4.36. The summed E-state index contributed by atoms with van der Waals surface area (Å²) in [5, 5.41) is 8.92. The molecule has 0 atom stereocenters. The molecule has 1 nitrogen and oxygen atoms in total. The van der Waals surface area contributed by atoms with Crippen molar-refractivity contribution in [2.75, 3.05) is 6.61 Å². The number of hydrogen-bond acceptors (Lipinski definition) is 1. The van der Waals surface area contributed by atoms with Gasteiger partial charge in [-0.25, -0.2) is 0 Å². The summed E-state index contributed by atoms with van der Waals surface area (Å²) in [6.07, 6.45) is 1.87. The summed E-state index contributed by atoms with van der Waals surface area (Å²) in [6, 6.07) is 8.16. The predicted octanol–water partition coefficient (Wildman–Crippen LogP) is 3.48. The van der Waals surface area contributed by atoms with Gasteiger partial charge in [0.25, 0.3) is 0 Å². The minimum Gasteiger partial charge on any atom is -0.392 e. The standard InChI is InChI=1S/C12H15BrO/c1-9(2)12(7-8-14)10-3-5-11(13)6-4-10/h3-7,9,14H,8H2,1-2H3/b12-7-. The highest BCUT2D eigenvalue weighted by molar-refractivity contribution is 9.10. The number of halogens is 1. The smallest absolute Gasteiger partial charge is 0.0618 e. The zero-order valence-corrected chi connectivity index (χ0v) is 10.1. The van der Waals surface area contributed by atoms with Crippen molar-refractivity contribution in [2.45, 2.75) is 13.8 Å². The van der Waals surface area contributed by atoms with Crippen LogP contribution in [0.15, 0.2) is 34.8 Å². The third kappa shape index (κ3) is 2.96. The van der Waals surface area contributed by atoms with E-state index in [-0.39, 0.29) is 6.61 Å². The number of benzene rings is 1. The second-order valence-corrected chi connectivity index (χ2v) is 4.42. The topological polar surface area (TPSA) is 20.2 Å². The third-order valence-electron chi connectivity index (χ3n) is 2.11. The second kappa shape index (κ2) is 5.32. The number of aliphatic hydroxyl groups is 1. The first-order valence-corrected chi connectivity index (χ1v) is 5.51. The zero-order valence-electron chi connectivity index (χ0n) is 8.50. The molecule has 1 aromatic rings. The maximum absolute atomic E-state index is 8.92. The monoisotopic (exact) mass is 254 g/mol. The van der Waals surface area contributed by atoms with E-state index in [1.807, 2.05) is 18.2 Å². The Kier molecular flexibility index (Phi) is 4.36. The molecule has 0 heterocycles. The van der Waals surface area contributed by atoms with Crippen LogP contribution in [0.2, 0.25) is 0 Å². The zero-order chi connectivity index (χ0) is 10.6. The molecule has 1 rings (SSSR count). The van der Waals surface area contributed by atoms with Crippen LogP contribution in [0, 0.1) is 5.92 Å². The average Bonchev–Trinajstić information content (AvgIpc) is 2.15. The third-order valence-corrected chi connectivity index (χ3v) is 2.64. The second-order valence-electron chi connectivity index (χ2n) is 3.50. The first-order chi connectivity index (χ1) is 6.65. The van der Waals surface area contributed by atoms with Crippen LogP contribution in [0.5, 0.6) is 0 Å². The van der Waals surface area contributed by atoms with Crippen LogP contribution in [0.4, 0.5) is 0 Å². The molecule has 0 aliphatic heterocycles. The number of allylic oxidation sites excluding steroid dienone is 1. The molecule has 0 radical (unpaired) electrons. The molecule has 0 spiro atoms. The van der Waals surface area contributed by atoms with Crippen molar-refractivity contribution >= 4 is 21.5 Å². The Hall–Kier alpha value is -0.600. The maximum Gasteiger partial charge on any atom is 0.0618 e. The van der Waals surface area contributed by atoms with Crippen molar-refractivity contribution in [3.05, 3.63) is 40.4 Å². The minimum absolute atomic E-state index is 0.101. The van der Waals surface area contributed by atoms with E-state index >= 15 is 0 Å². The van der Waals surface area contributed by atoms with Gasteiger partial charge in [-0.1, -0.05) is 48.0 Å². The van der Waals surface area contributed by atoms with Crippen molar-refractivity contribution in [2.24, 2.45) is 5.92 Å². The van der Waals surface area contributed by atoms with Gasteiger partial charge in [0.05, 0.1) is 6.61 Å². The Morgan fingerprint density at radius 2 is 1.93 bits per heavy atom. The lowest BCUT2D eigenvalue weighted by molar-refractivity contribution is 0.342. The van der Waals surface area contributed by atoms with Gasteiger partial charge >= 0.3 is 0 Å². The lowest BCUT2D eigenvalue weighted by atomic mass is 9.95. The van der Waals surface area contributed by atoms with Gasteiger partial charge in [-0.3, -0.25) is 0 Å². The summed E-state index contributed by atoms with van der Waals surface area (Å²) >= 11 is 3.40. The first-order valence-electron chi connectivity index (χ1n) is 4.72. The van der Waals surface area contributed by atoms with Gasteiger partial charge in [0.15, 0.2) is 0 Å². The van der Waals surface area contributed by atoms with Crippen LogP contribution >= 0.6 is 15.9 Å². The van der Waals surface area contributed by atoms with E-state index in [1.165, 1.54) is 11.1 Å². The van der Waals surface area contributed by atoms with E-state index < -0.39 is 0 Å². The molecular weight excluding hydrogens is 240 g/mol. The van der Waals surface area contributed by atoms with Gasteiger partial charge in [0.2, 0.25) is 0 Å². The van der Waals surface area contributed by atoms with Gasteiger partial charge in [-0.2, -0.15) is 0 Å². The van der Waals surface area contributed by atoms with Gasteiger partial charge in [0.1, 0.15) is 0 Å². The van der Waals surface area contributed by atoms with E-state index in [4.69, 9.17) is 5.11 Å². The Labute approximate surface area is 93.6 Å². The van der Waals surface area contributed by atoms with Crippen molar-refractivity contribution in [3.8, 4) is 0 Å². The number of rotatable bonds is 3. The van der Waals surface area contributed by atoms with E-state index in [9.17, 15) is 0 Å². The normalized spacial score (nSPS) is 12.2. The quantitative estimate of drug-likeness (QED) is 0.876. The summed E-state index contributed by atoms with van der Waals surface area (Å²) in [5.74, 6) is 0.434. The van der Waals surface area contributed by atoms with Crippen LogP contribution in [0.25, 0.3) is 5.57 Å². The Morgan fingerprint density at radius 3 is 2.36 bits per heavy atom. The molecule has 0 aliphatic carbocycles. The summed E-state index contributed by atoms with van der Waals surface area (Å²) in [5.41, 5.74) is 2.37. The first kappa shape index (κ1) is 11.5. The Balaban J connectivity index is 3.00. The van der Waals surface area contributed by atoms with Crippen molar-refractivity contribution < 1.29 is 5.11 Å². The van der Waals surface area contributed by atoms with Gasteiger partial charge < -0.3 is 5.11 Å². The molecule has 0 bridgehead atoms. The molecule has 0 amide bonds. The van der Waals surface area contributed by atoms with Gasteiger partial charge in [-0.15, -0.1) is 0 Å². The van der Waals surface area contributed by atoms with Crippen LogP contribution in [0.3, 0.4) is 0 Å². The molecule has 0 saturated carbocycles. The van der Waals surface area contributed by atoms with Gasteiger partial charge in [0, 0.05) is 4.47 Å². The molecule has 2 heteroatoms. The molecule has 1 aromatic carbocycles. The lowest BCUT2D eigenvalue weighted by Crippen LogP contribution is -1.95. The summed E-state index contributed by atoms with van der Waals surface area (Å²) < 4.78 is 1.08. The molecule has 1 N–H and O–H groups in total. The van der Waals surface area contributed by atoms with Crippen molar-refractivity contribution in [1.29, 1.82) is 0 Å². The van der Waals surface area contributed by atoms with Crippen LogP contribution in [-0.2, 0) is 0 Å². The number of aliphatic hydroxyl groups excluding tert-OH is 1.